The van der Waals surface area contributed by atoms with E-state index in [1.165, 1.54) is 12.2 Å². The Morgan fingerprint density at radius 3 is 2.38 bits per heavy atom. The molecular weight excluding hydrogens is 116 g/mol. The minimum absolute atomic E-state index is 0.543. The molecule has 0 heterocycles. The molecule has 1 heteroatoms. The van der Waals surface area contributed by atoms with Crippen molar-refractivity contribution < 1.29 is 0 Å². The normalized spacial score (nSPS) is 14.9. The summed E-state index contributed by atoms with van der Waals surface area (Å²) in [5.74, 6) is 1.29. The van der Waals surface area contributed by atoms with E-state index in [1.807, 2.05) is 0 Å². The first-order valence-electron chi connectivity index (χ1n) is 3.09. The number of hydrogen-bond acceptors (Lipinski definition) is 0. The van der Waals surface area contributed by atoms with Crippen molar-refractivity contribution in [1.29, 1.82) is 0 Å². The van der Waals surface area contributed by atoms with Gasteiger partial charge in [0.15, 0.2) is 0 Å². The highest BCUT2D eigenvalue weighted by Crippen LogP contribution is 1.92. The standard InChI is InChI=1S/C7H15S/c1-4-6-7-8(3)5-2/h6-7H,4-5H2,1-3H3/q+1. The molecule has 48 valence electrons. The number of hydrogen-bond donors (Lipinski definition) is 0. The van der Waals surface area contributed by atoms with Gasteiger partial charge < -0.3 is 0 Å². The highest BCUT2D eigenvalue weighted by Gasteiger charge is 1.97. The third-order valence-corrected chi connectivity index (χ3v) is 2.59. The van der Waals surface area contributed by atoms with E-state index in [-0.39, 0.29) is 0 Å². The van der Waals surface area contributed by atoms with E-state index in [4.69, 9.17) is 0 Å². The van der Waals surface area contributed by atoms with Crippen molar-refractivity contribution in [3.63, 3.8) is 0 Å². The Balaban J connectivity index is 3.21. The van der Waals surface area contributed by atoms with Crippen LogP contribution in [-0.4, -0.2) is 12.0 Å². The van der Waals surface area contributed by atoms with Gasteiger partial charge in [-0.3, -0.25) is 0 Å². The molecule has 1 unspecified atom stereocenters. The lowest BCUT2D eigenvalue weighted by molar-refractivity contribution is 1.23. The molecule has 1 atom stereocenters. The van der Waals surface area contributed by atoms with Gasteiger partial charge in [0.2, 0.25) is 0 Å². The van der Waals surface area contributed by atoms with E-state index in [1.54, 1.807) is 0 Å². The molecule has 0 aliphatic heterocycles. The Morgan fingerprint density at radius 1 is 1.38 bits per heavy atom. The zero-order chi connectivity index (χ0) is 6.41. The summed E-state index contributed by atoms with van der Waals surface area (Å²) in [5, 5.41) is 2.31. The molecular formula is C7H15S+. The van der Waals surface area contributed by atoms with Gasteiger partial charge >= 0.3 is 0 Å². The molecule has 0 rings (SSSR count). The van der Waals surface area contributed by atoms with Gasteiger partial charge in [-0.2, -0.15) is 0 Å². The predicted octanol–water partition coefficient (Wildman–Crippen LogP) is 2.18. The van der Waals surface area contributed by atoms with E-state index >= 15 is 0 Å². The highest BCUT2D eigenvalue weighted by molar-refractivity contribution is 7.98. The highest BCUT2D eigenvalue weighted by atomic mass is 32.2. The largest absolute Gasteiger partial charge is 0.115 e. The first-order valence-corrected chi connectivity index (χ1v) is 4.95. The van der Waals surface area contributed by atoms with Gasteiger partial charge in [0.1, 0.15) is 17.4 Å². The van der Waals surface area contributed by atoms with E-state index < -0.39 is 0 Å². The van der Waals surface area contributed by atoms with Crippen LogP contribution >= 0.6 is 0 Å². The second-order valence-electron chi connectivity index (χ2n) is 1.76. The lowest BCUT2D eigenvalue weighted by Gasteiger charge is -1.86. The Kier molecular flexibility index (Phi) is 5.29. The Bertz CT molecular complexity index is 66.8. The summed E-state index contributed by atoms with van der Waals surface area (Å²) in [6.45, 7) is 4.40. The molecule has 0 aromatic rings. The summed E-state index contributed by atoms with van der Waals surface area (Å²) in [7, 11) is 0.543. The molecule has 0 saturated carbocycles. The van der Waals surface area contributed by atoms with Gasteiger partial charge in [0.25, 0.3) is 0 Å². The SMILES string of the molecule is CCC=C[S+](C)CC. The van der Waals surface area contributed by atoms with Gasteiger partial charge in [-0.1, -0.05) is 6.92 Å². The van der Waals surface area contributed by atoms with E-state index in [0.29, 0.717) is 10.9 Å². The number of rotatable bonds is 3. The predicted molar refractivity (Wildman–Crippen MR) is 43.3 cm³/mol. The molecule has 0 aliphatic rings. The van der Waals surface area contributed by atoms with Gasteiger partial charge in [0.05, 0.1) is 0 Å². The smallest absolute Gasteiger partial charge is 0.0617 e. The van der Waals surface area contributed by atoms with Gasteiger partial charge in [-0.25, -0.2) is 0 Å². The average Bonchev–Trinajstić information content (AvgIpc) is 1.83. The van der Waals surface area contributed by atoms with Crippen molar-refractivity contribution in [1.82, 2.24) is 0 Å². The molecule has 0 spiro atoms. The fourth-order valence-corrected chi connectivity index (χ4v) is 1.07. The van der Waals surface area contributed by atoms with Crippen LogP contribution in [0.3, 0.4) is 0 Å². The summed E-state index contributed by atoms with van der Waals surface area (Å²) in [4.78, 5) is 0. The molecule has 0 amide bonds. The van der Waals surface area contributed by atoms with Crippen LogP contribution in [-0.2, 0) is 10.9 Å². The van der Waals surface area contributed by atoms with Crippen LogP contribution in [0.5, 0.6) is 0 Å². The number of allylic oxidation sites excluding steroid dienone is 1. The molecule has 0 N–H and O–H groups in total. The second-order valence-corrected chi connectivity index (χ2v) is 3.99. The molecule has 0 aromatic carbocycles. The quantitative estimate of drug-likeness (QED) is 0.515. The van der Waals surface area contributed by atoms with Crippen molar-refractivity contribution in [2.24, 2.45) is 0 Å². The fraction of sp³-hybridized carbons (Fsp3) is 0.714. The minimum Gasteiger partial charge on any atom is -0.0617 e. The van der Waals surface area contributed by atoms with Crippen LogP contribution in [0, 0.1) is 0 Å². The lowest BCUT2D eigenvalue weighted by Crippen LogP contribution is -1.94. The van der Waals surface area contributed by atoms with Crippen LogP contribution in [0.15, 0.2) is 11.5 Å². The fourth-order valence-electron chi connectivity index (χ4n) is 0.357. The van der Waals surface area contributed by atoms with Crippen LogP contribution in [0.1, 0.15) is 20.3 Å². The Morgan fingerprint density at radius 2 is 2.00 bits per heavy atom. The monoisotopic (exact) mass is 131 g/mol. The molecule has 0 fully saturated rings. The van der Waals surface area contributed by atoms with Crippen LogP contribution in [0.25, 0.3) is 0 Å². The van der Waals surface area contributed by atoms with Crippen molar-refractivity contribution >= 4 is 10.9 Å². The zero-order valence-corrected chi connectivity index (χ0v) is 6.79. The van der Waals surface area contributed by atoms with Gasteiger partial charge in [-0.05, 0) is 19.4 Å². The van der Waals surface area contributed by atoms with Crippen LogP contribution in [0.4, 0.5) is 0 Å². The molecule has 0 aromatic heterocycles. The second kappa shape index (κ2) is 5.23. The maximum absolute atomic E-state index is 2.31. The first-order chi connectivity index (χ1) is 3.81. The summed E-state index contributed by atoms with van der Waals surface area (Å²) < 4.78 is 0. The maximum Gasteiger partial charge on any atom is 0.115 e. The van der Waals surface area contributed by atoms with Crippen molar-refractivity contribution in [2.75, 3.05) is 12.0 Å². The molecule has 0 aliphatic carbocycles. The molecule has 0 bridgehead atoms. The topological polar surface area (TPSA) is 0 Å². The Hall–Kier alpha value is 0.0900. The minimum atomic E-state index is 0.543. The average molecular weight is 131 g/mol. The van der Waals surface area contributed by atoms with E-state index in [0.717, 1.165) is 0 Å². The van der Waals surface area contributed by atoms with Gasteiger partial charge in [0, 0.05) is 10.9 Å². The van der Waals surface area contributed by atoms with Crippen LogP contribution < -0.4 is 0 Å². The third-order valence-electron chi connectivity index (χ3n) is 1.02. The summed E-state index contributed by atoms with van der Waals surface area (Å²) >= 11 is 0. The molecule has 0 saturated heterocycles. The lowest BCUT2D eigenvalue weighted by atomic mass is 10.5. The third kappa shape index (κ3) is 4.25. The summed E-state index contributed by atoms with van der Waals surface area (Å²) in [5.41, 5.74) is 0. The van der Waals surface area contributed by atoms with Crippen molar-refractivity contribution in [2.45, 2.75) is 20.3 Å². The summed E-state index contributed by atoms with van der Waals surface area (Å²) in [6, 6.07) is 0. The maximum atomic E-state index is 2.31. The molecule has 8 heavy (non-hydrogen) atoms. The Labute approximate surface area is 55.3 Å². The first kappa shape index (κ1) is 8.09. The molecule has 0 radical (unpaired) electrons. The zero-order valence-electron chi connectivity index (χ0n) is 5.98. The summed E-state index contributed by atoms with van der Waals surface area (Å²) in [6.07, 6.45) is 5.69. The molecule has 0 nitrogen and oxygen atoms in total. The van der Waals surface area contributed by atoms with Crippen molar-refractivity contribution in [3.8, 4) is 0 Å². The van der Waals surface area contributed by atoms with Crippen molar-refractivity contribution in [3.05, 3.63) is 11.5 Å². The van der Waals surface area contributed by atoms with Gasteiger partial charge in [-0.15, -0.1) is 0 Å². The van der Waals surface area contributed by atoms with Crippen LogP contribution in [0.2, 0.25) is 0 Å². The van der Waals surface area contributed by atoms with E-state index in [9.17, 15) is 0 Å². The van der Waals surface area contributed by atoms with E-state index in [2.05, 4.69) is 31.6 Å².